The van der Waals surface area contributed by atoms with E-state index < -0.39 is 0 Å². The van der Waals surface area contributed by atoms with Crippen LogP contribution < -0.4 is 11.1 Å². The molecule has 0 amide bonds. The molecule has 0 radical (unpaired) electrons. The minimum absolute atomic E-state index is 0.298. The average molecular weight is 286 g/mol. The molecule has 3 atom stereocenters. The van der Waals surface area contributed by atoms with E-state index >= 15 is 0 Å². The first-order chi connectivity index (χ1) is 9.83. The summed E-state index contributed by atoms with van der Waals surface area (Å²) < 4.78 is 0. The summed E-state index contributed by atoms with van der Waals surface area (Å²) in [4.78, 5) is 1.38. The van der Waals surface area contributed by atoms with Crippen molar-refractivity contribution in [1.82, 2.24) is 5.32 Å². The third-order valence-corrected chi connectivity index (χ3v) is 5.01. The summed E-state index contributed by atoms with van der Waals surface area (Å²) in [5.74, 6) is 0. The fourth-order valence-corrected chi connectivity index (χ4v) is 3.87. The minimum Gasteiger partial charge on any atom is -0.328 e. The minimum atomic E-state index is 0.298. The molecule has 0 bridgehead atoms. The predicted octanol–water partition coefficient (Wildman–Crippen LogP) is 3.70. The summed E-state index contributed by atoms with van der Waals surface area (Å²) in [5, 5.41) is 5.99. The van der Waals surface area contributed by atoms with Crippen molar-refractivity contribution in [2.45, 2.75) is 43.8 Å². The van der Waals surface area contributed by atoms with Gasteiger partial charge < -0.3 is 11.1 Å². The highest BCUT2D eigenvalue weighted by molar-refractivity contribution is 7.10. The van der Waals surface area contributed by atoms with Gasteiger partial charge in [0.2, 0.25) is 0 Å². The van der Waals surface area contributed by atoms with Gasteiger partial charge in [-0.25, -0.2) is 0 Å². The Bertz CT molecular complexity index is 509. The number of benzene rings is 1. The SMILES string of the molecule is NC1CCCC(NC(c2ccccc2)c2cccs2)C1. The van der Waals surface area contributed by atoms with Crippen molar-refractivity contribution < 1.29 is 0 Å². The molecule has 1 saturated carbocycles. The molecular weight excluding hydrogens is 264 g/mol. The molecule has 1 aromatic carbocycles. The van der Waals surface area contributed by atoms with Crippen molar-refractivity contribution in [3.8, 4) is 0 Å². The molecule has 1 aliphatic carbocycles. The molecule has 3 rings (SSSR count). The van der Waals surface area contributed by atoms with Crippen LogP contribution in [0.3, 0.4) is 0 Å². The van der Waals surface area contributed by atoms with Crippen molar-refractivity contribution >= 4 is 11.3 Å². The first-order valence-electron chi connectivity index (χ1n) is 7.43. The number of hydrogen-bond acceptors (Lipinski definition) is 3. The molecule has 0 spiro atoms. The lowest BCUT2D eigenvalue weighted by Crippen LogP contribution is -2.41. The third kappa shape index (κ3) is 3.29. The second-order valence-electron chi connectivity index (χ2n) is 5.65. The second kappa shape index (κ2) is 6.53. The molecule has 3 unspecified atom stereocenters. The molecule has 2 nitrogen and oxygen atoms in total. The summed E-state index contributed by atoms with van der Waals surface area (Å²) in [7, 11) is 0. The van der Waals surface area contributed by atoms with E-state index in [0.29, 0.717) is 18.1 Å². The van der Waals surface area contributed by atoms with Crippen LogP contribution in [0.25, 0.3) is 0 Å². The van der Waals surface area contributed by atoms with Crippen LogP contribution in [0.5, 0.6) is 0 Å². The Kier molecular flexibility index (Phi) is 4.51. The maximum atomic E-state index is 6.12. The Hall–Kier alpha value is -1.16. The van der Waals surface area contributed by atoms with Crippen molar-refractivity contribution in [3.63, 3.8) is 0 Å². The van der Waals surface area contributed by atoms with E-state index in [1.807, 2.05) is 11.3 Å². The Balaban J connectivity index is 1.79. The van der Waals surface area contributed by atoms with Crippen LogP contribution in [0.15, 0.2) is 47.8 Å². The fourth-order valence-electron chi connectivity index (χ4n) is 3.06. The van der Waals surface area contributed by atoms with E-state index in [0.717, 1.165) is 6.42 Å². The molecule has 0 aliphatic heterocycles. The zero-order valence-corrected chi connectivity index (χ0v) is 12.5. The van der Waals surface area contributed by atoms with E-state index in [2.05, 4.69) is 53.2 Å². The molecule has 3 heteroatoms. The van der Waals surface area contributed by atoms with Crippen LogP contribution in [-0.2, 0) is 0 Å². The smallest absolute Gasteiger partial charge is 0.0673 e. The van der Waals surface area contributed by atoms with E-state index in [-0.39, 0.29) is 0 Å². The van der Waals surface area contributed by atoms with Gasteiger partial charge in [0, 0.05) is 17.0 Å². The van der Waals surface area contributed by atoms with Crippen molar-refractivity contribution in [1.29, 1.82) is 0 Å². The van der Waals surface area contributed by atoms with Gasteiger partial charge in [-0.3, -0.25) is 0 Å². The van der Waals surface area contributed by atoms with Crippen molar-refractivity contribution in [3.05, 3.63) is 58.3 Å². The van der Waals surface area contributed by atoms with Gasteiger partial charge in [0.25, 0.3) is 0 Å². The lowest BCUT2D eigenvalue weighted by Gasteiger charge is -2.31. The van der Waals surface area contributed by atoms with E-state index in [9.17, 15) is 0 Å². The van der Waals surface area contributed by atoms with Crippen LogP contribution in [0.2, 0.25) is 0 Å². The molecule has 3 N–H and O–H groups in total. The van der Waals surface area contributed by atoms with Gasteiger partial charge >= 0.3 is 0 Å². The van der Waals surface area contributed by atoms with Gasteiger partial charge in [-0.15, -0.1) is 11.3 Å². The number of rotatable bonds is 4. The summed E-state index contributed by atoms with van der Waals surface area (Å²) >= 11 is 1.82. The van der Waals surface area contributed by atoms with Crippen LogP contribution in [0.1, 0.15) is 42.2 Å². The summed E-state index contributed by atoms with van der Waals surface area (Å²) in [6.07, 6.45) is 4.75. The van der Waals surface area contributed by atoms with E-state index in [1.165, 1.54) is 29.7 Å². The lowest BCUT2D eigenvalue weighted by atomic mass is 9.90. The second-order valence-corrected chi connectivity index (χ2v) is 6.63. The van der Waals surface area contributed by atoms with Crippen LogP contribution >= 0.6 is 11.3 Å². The largest absolute Gasteiger partial charge is 0.328 e. The molecule has 20 heavy (non-hydrogen) atoms. The molecule has 0 saturated heterocycles. The first kappa shape index (κ1) is 13.8. The number of thiophene rings is 1. The maximum absolute atomic E-state index is 6.12. The van der Waals surface area contributed by atoms with Crippen LogP contribution in [0.4, 0.5) is 0 Å². The molecular formula is C17H22N2S. The fraction of sp³-hybridized carbons (Fsp3) is 0.412. The Morgan fingerprint density at radius 1 is 1.10 bits per heavy atom. The average Bonchev–Trinajstić information content (AvgIpc) is 3.00. The molecule has 1 heterocycles. The van der Waals surface area contributed by atoms with Crippen LogP contribution in [-0.4, -0.2) is 12.1 Å². The van der Waals surface area contributed by atoms with Crippen molar-refractivity contribution in [2.24, 2.45) is 5.73 Å². The topological polar surface area (TPSA) is 38.0 Å². The van der Waals surface area contributed by atoms with Gasteiger partial charge in [-0.2, -0.15) is 0 Å². The zero-order chi connectivity index (χ0) is 13.8. The molecule has 1 aromatic heterocycles. The quantitative estimate of drug-likeness (QED) is 0.899. The van der Waals surface area contributed by atoms with Gasteiger partial charge in [0.1, 0.15) is 0 Å². The normalized spacial score (nSPS) is 24.4. The van der Waals surface area contributed by atoms with Crippen molar-refractivity contribution in [2.75, 3.05) is 0 Å². The Labute approximate surface area is 125 Å². The van der Waals surface area contributed by atoms with Gasteiger partial charge in [0.05, 0.1) is 6.04 Å². The number of nitrogens with one attached hydrogen (secondary N) is 1. The van der Waals surface area contributed by atoms with Gasteiger partial charge in [0.15, 0.2) is 0 Å². The van der Waals surface area contributed by atoms with Gasteiger partial charge in [-0.05, 0) is 36.3 Å². The highest BCUT2D eigenvalue weighted by Crippen LogP contribution is 2.28. The summed E-state index contributed by atoms with van der Waals surface area (Å²) in [6, 6.07) is 16.3. The Morgan fingerprint density at radius 2 is 1.95 bits per heavy atom. The van der Waals surface area contributed by atoms with Gasteiger partial charge in [-0.1, -0.05) is 42.8 Å². The predicted molar refractivity (Wildman–Crippen MR) is 86.0 cm³/mol. The van der Waals surface area contributed by atoms with Crippen LogP contribution in [0, 0.1) is 0 Å². The number of nitrogens with two attached hydrogens (primary N) is 1. The molecule has 106 valence electrons. The van der Waals surface area contributed by atoms with E-state index in [1.54, 1.807) is 0 Å². The highest BCUT2D eigenvalue weighted by Gasteiger charge is 2.23. The maximum Gasteiger partial charge on any atom is 0.0673 e. The molecule has 2 aromatic rings. The Morgan fingerprint density at radius 3 is 2.65 bits per heavy atom. The molecule has 1 fully saturated rings. The van der Waals surface area contributed by atoms with E-state index in [4.69, 9.17) is 5.73 Å². The lowest BCUT2D eigenvalue weighted by molar-refractivity contribution is 0.326. The monoisotopic (exact) mass is 286 g/mol. The first-order valence-corrected chi connectivity index (χ1v) is 8.31. The third-order valence-electron chi connectivity index (χ3n) is 4.08. The number of hydrogen-bond donors (Lipinski definition) is 2. The highest BCUT2D eigenvalue weighted by atomic mass is 32.1. The summed E-state index contributed by atoms with van der Waals surface area (Å²) in [5.41, 5.74) is 7.46. The standard InChI is InChI=1S/C17H22N2S/c18-14-8-4-9-15(12-14)19-17(16-10-5-11-20-16)13-6-2-1-3-7-13/h1-3,5-7,10-11,14-15,17,19H,4,8-9,12,18H2. The summed E-state index contributed by atoms with van der Waals surface area (Å²) in [6.45, 7) is 0. The zero-order valence-electron chi connectivity index (χ0n) is 11.7. The molecule has 1 aliphatic rings.